The summed E-state index contributed by atoms with van der Waals surface area (Å²) >= 11 is 0. The van der Waals surface area contributed by atoms with Crippen molar-refractivity contribution in [1.29, 1.82) is 0 Å². The zero-order valence-electron chi connectivity index (χ0n) is 17.5. The fourth-order valence-corrected chi connectivity index (χ4v) is 4.11. The van der Waals surface area contributed by atoms with E-state index in [-0.39, 0.29) is 23.0 Å². The number of nitrogens with zero attached hydrogens (tertiary/aromatic N) is 3. The predicted octanol–water partition coefficient (Wildman–Crippen LogP) is 3.20. The molecule has 2 amide bonds. The molecule has 0 aliphatic heterocycles. The second kappa shape index (κ2) is 7.65. The number of nitrogens with one attached hydrogen (secondary N) is 3. The highest BCUT2D eigenvalue weighted by Gasteiger charge is 2.25. The Hall–Kier alpha value is -2.64. The van der Waals surface area contributed by atoms with Crippen LogP contribution in [0.5, 0.6) is 0 Å². The second-order valence-corrected chi connectivity index (χ2v) is 9.18. The molecular formula is C21H30N6O2. The van der Waals surface area contributed by atoms with Crippen molar-refractivity contribution in [2.24, 2.45) is 0 Å². The third-order valence-electron chi connectivity index (χ3n) is 5.79. The van der Waals surface area contributed by atoms with E-state index in [0.717, 1.165) is 61.9 Å². The van der Waals surface area contributed by atoms with Crippen LogP contribution in [-0.2, 0) is 18.3 Å². The molecule has 2 aromatic heterocycles. The largest absolute Gasteiger partial charge is 0.335 e. The monoisotopic (exact) mass is 398 g/mol. The van der Waals surface area contributed by atoms with E-state index in [1.54, 1.807) is 4.68 Å². The Bertz CT molecular complexity index is 963. The molecule has 3 N–H and O–H groups in total. The molecule has 0 unspecified atom stereocenters. The molecule has 1 saturated carbocycles. The third-order valence-corrected chi connectivity index (χ3v) is 5.79. The van der Waals surface area contributed by atoms with Crippen LogP contribution in [0.4, 0.5) is 10.6 Å². The molecule has 0 bridgehead atoms. The number of amides is 2. The minimum Gasteiger partial charge on any atom is -0.335 e. The van der Waals surface area contributed by atoms with Crippen LogP contribution >= 0.6 is 0 Å². The lowest BCUT2D eigenvalue weighted by atomic mass is 9.92. The first-order chi connectivity index (χ1) is 13.8. The number of aromatic nitrogens is 4. The first-order valence-electron chi connectivity index (χ1n) is 10.6. The first-order valence-corrected chi connectivity index (χ1v) is 10.6. The number of H-pyrrole nitrogens is 1. The fraction of sp³-hybridized carbons (Fsp3) is 0.619. The van der Waals surface area contributed by atoms with E-state index in [1.807, 2.05) is 6.07 Å². The van der Waals surface area contributed by atoms with Gasteiger partial charge in [-0.3, -0.25) is 15.1 Å². The maximum absolute atomic E-state index is 12.6. The average Bonchev–Trinajstić information content (AvgIpc) is 3.29. The van der Waals surface area contributed by atoms with Crippen molar-refractivity contribution in [3.8, 4) is 5.95 Å². The summed E-state index contributed by atoms with van der Waals surface area (Å²) in [6.07, 6.45) is 8.06. The molecular weight excluding hydrogens is 368 g/mol. The molecule has 0 radical (unpaired) electrons. The van der Waals surface area contributed by atoms with Gasteiger partial charge in [-0.2, -0.15) is 9.78 Å². The van der Waals surface area contributed by atoms with Gasteiger partial charge >= 0.3 is 6.03 Å². The van der Waals surface area contributed by atoms with Crippen molar-refractivity contribution < 1.29 is 4.79 Å². The summed E-state index contributed by atoms with van der Waals surface area (Å²) in [5.41, 5.74) is 2.08. The van der Waals surface area contributed by atoms with E-state index in [1.165, 1.54) is 6.42 Å². The van der Waals surface area contributed by atoms with Crippen molar-refractivity contribution in [3.63, 3.8) is 0 Å². The van der Waals surface area contributed by atoms with E-state index in [9.17, 15) is 9.59 Å². The zero-order valence-corrected chi connectivity index (χ0v) is 17.5. The number of fused-ring (bicyclic) bond motifs is 1. The lowest BCUT2D eigenvalue weighted by molar-refractivity contribution is 0.244. The maximum Gasteiger partial charge on any atom is 0.320 e. The minimum absolute atomic E-state index is 0.118. The molecule has 29 heavy (non-hydrogen) atoms. The lowest BCUT2D eigenvalue weighted by Gasteiger charge is -2.22. The predicted molar refractivity (Wildman–Crippen MR) is 112 cm³/mol. The summed E-state index contributed by atoms with van der Waals surface area (Å²) in [5, 5.41) is 10.6. The van der Waals surface area contributed by atoms with Crippen LogP contribution in [0.3, 0.4) is 0 Å². The van der Waals surface area contributed by atoms with Gasteiger partial charge in [0.1, 0.15) is 5.82 Å². The van der Waals surface area contributed by atoms with E-state index in [0.29, 0.717) is 11.8 Å². The van der Waals surface area contributed by atoms with Gasteiger partial charge in [0, 0.05) is 23.1 Å². The summed E-state index contributed by atoms with van der Waals surface area (Å²) in [7, 11) is 0. The minimum atomic E-state index is -0.248. The van der Waals surface area contributed by atoms with Crippen LogP contribution < -0.4 is 16.2 Å². The Morgan fingerprint density at radius 3 is 2.66 bits per heavy atom. The Morgan fingerprint density at radius 2 is 1.93 bits per heavy atom. The van der Waals surface area contributed by atoms with Crippen molar-refractivity contribution in [2.75, 3.05) is 5.32 Å². The lowest BCUT2D eigenvalue weighted by Crippen LogP contribution is -2.39. The van der Waals surface area contributed by atoms with Crippen LogP contribution in [0.15, 0.2) is 10.9 Å². The molecule has 0 spiro atoms. The Morgan fingerprint density at radius 1 is 1.17 bits per heavy atom. The summed E-state index contributed by atoms with van der Waals surface area (Å²) in [4.78, 5) is 32.6. The van der Waals surface area contributed by atoms with Gasteiger partial charge in [0.15, 0.2) is 0 Å². The highest BCUT2D eigenvalue weighted by molar-refractivity contribution is 5.88. The standard InChI is InChI=1S/C21H30N6O2/c1-21(2,3)16-12-17(24-20(29)22-13-8-5-4-6-9-13)27(26-16)19-23-15-11-7-10-14(15)18(28)25-19/h12-13H,4-11H2,1-3H3,(H2,22,24,29)(H,23,25,28). The Balaban J connectivity index is 1.64. The third kappa shape index (κ3) is 4.21. The van der Waals surface area contributed by atoms with Gasteiger partial charge in [-0.05, 0) is 32.1 Å². The normalized spacial score (nSPS) is 17.2. The maximum atomic E-state index is 12.6. The van der Waals surface area contributed by atoms with Crippen LogP contribution in [-0.4, -0.2) is 31.8 Å². The van der Waals surface area contributed by atoms with Crippen LogP contribution in [0.25, 0.3) is 5.95 Å². The topological polar surface area (TPSA) is 105 Å². The van der Waals surface area contributed by atoms with E-state index < -0.39 is 0 Å². The van der Waals surface area contributed by atoms with E-state index in [2.05, 4.69) is 46.5 Å². The average molecular weight is 399 g/mol. The zero-order chi connectivity index (χ0) is 20.6. The SMILES string of the molecule is CC(C)(C)c1cc(NC(=O)NC2CCCCC2)n(-c2nc3c(c(=O)[nH]2)CCC3)n1. The van der Waals surface area contributed by atoms with Gasteiger partial charge in [0.25, 0.3) is 5.56 Å². The van der Waals surface area contributed by atoms with Gasteiger partial charge < -0.3 is 5.32 Å². The van der Waals surface area contributed by atoms with Crippen molar-refractivity contribution in [1.82, 2.24) is 25.1 Å². The number of hydrogen-bond acceptors (Lipinski definition) is 4. The van der Waals surface area contributed by atoms with Crippen LogP contribution in [0.1, 0.15) is 76.2 Å². The highest BCUT2D eigenvalue weighted by Crippen LogP contribution is 2.26. The smallest absolute Gasteiger partial charge is 0.320 e. The molecule has 8 nitrogen and oxygen atoms in total. The Labute approximate surface area is 170 Å². The van der Waals surface area contributed by atoms with Crippen LogP contribution in [0.2, 0.25) is 0 Å². The molecule has 2 aromatic rings. The number of carbonyl (C=O) groups excluding carboxylic acids is 1. The van der Waals surface area contributed by atoms with Gasteiger partial charge in [-0.1, -0.05) is 40.0 Å². The molecule has 0 atom stereocenters. The van der Waals surface area contributed by atoms with Gasteiger partial charge in [0.05, 0.1) is 11.4 Å². The molecule has 156 valence electrons. The summed E-state index contributed by atoms with van der Waals surface area (Å²) < 4.78 is 1.54. The second-order valence-electron chi connectivity index (χ2n) is 9.18. The summed E-state index contributed by atoms with van der Waals surface area (Å²) in [5.74, 6) is 0.850. The number of aryl methyl sites for hydroxylation is 1. The molecule has 8 heteroatoms. The molecule has 2 heterocycles. The molecule has 0 aromatic carbocycles. The van der Waals surface area contributed by atoms with Crippen molar-refractivity contribution in [2.45, 2.75) is 83.6 Å². The van der Waals surface area contributed by atoms with Crippen LogP contribution in [0, 0.1) is 0 Å². The fourth-order valence-electron chi connectivity index (χ4n) is 4.11. The quantitative estimate of drug-likeness (QED) is 0.738. The summed E-state index contributed by atoms with van der Waals surface area (Å²) in [6, 6.07) is 1.82. The number of aromatic amines is 1. The molecule has 4 rings (SSSR count). The van der Waals surface area contributed by atoms with Gasteiger partial charge in [-0.25, -0.2) is 9.78 Å². The number of hydrogen-bond donors (Lipinski definition) is 3. The number of urea groups is 1. The van der Waals surface area contributed by atoms with Crippen molar-refractivity contribution >= 4 is 11.8 Å². The Kier molecular flexibility index (Phi) is 5.19. The number of rotatable bonds is 3. The van der Waals surface area contributed by atoms with Gasteiger partial charge in [-0.15, -0.1) is 0 Å². The highest BCUT2D eigenvalue weighted by atomic mass is 16.2. The molecule has 0 saturated heterocycles. The molecule has 2 aliphatic rings. The first kappa shape index (κ1) is 19.7. The number of anilines is 1. The van der Waals surface area contributed by atoms with Crippen molar-refractivity contribution in [3.05, 3.63) is 33.4 Å². The van der Waals surface area contributed by atoms with E-state index >= 15 is 0 Å². The molecule has 1 fully saturated rings. The van der Waals surface area contributed by atoms with E-state index in [4.69, 9.17) is 0 Å². The molecule has 2 aliphatic carbocycles. The number of carbonyl (C=O) groups is 1. The van der Waals surface area contributed by atoms with Gasteiger partial charge in [0.2, 0.25) is 5.95 Å². The summed E-state index contributed by atoms with van der Waals surface area (Å²) in [6.45, 7) is 6.18.